The van der Waals surface area contributed by atoms with Gasteiger partial charge in [-0.15, -0.1) is 0 Å². The van der Waals surface area contributed by atoms with Crippen LogP contribution >= 0.6 is 0 Å². The van der Waals surface area contributed by atoms with Gasteiger partial charge in [0.2, 0.25) is 0 Å². The molecule has 0 amide bonds. The maximum absolute atomic E-state index is 13.4. The second-order valence-corrected chi connectivity index (χ2v) is 13.2. The van der Waals surface area contributed by atoms with Crippen LogP contribution in [0.4, 0.5) is 0 Å². The SMILES string of the molecule is CCc1ccc(C(CN[C@H]2CS(=O)(=O)C[C@@H]2S(=O)(=O)c2ccc(OC)c(C)c2)N(C)C)cc1. The molecule has 1 aliphatic heterocycles. The highest BCUT2D eigenvalue weighted by molar-refractivity contribution is 7.96. The number of benzene rings is 2. The van der Waals surface area contributed by atoms with Gasteiger partial charge in [0.1, 0.15) is 5.75 Å². The average Bonchev–Trinajstić information content (AvgIpc) is 3.09. The number of ether oxygens (including phenoxy) is 1. The van der Waals surface area contributed by atoms with Gasteiger partial charge in [-0.1, -0.05) is 31.2 Å². The summed E-state index contributed by atoms with van der Waals surface area (Å²) in [5.41, 5.74) is 3.02. The number of aryl methyl sites for hydroxylation is 2. The molecular weight excluding hydrogens is 460 g/mol. The van der Waals surface area contributed by atoms with Crippen LogP contribution in [0.15, 0.2) is 47.4 Å². The molecule has 0 spiro atoms. The summed E-state index contributed by atoms with van der Waals surface area (Å²) < 4.78 is 57.1. The topological polar surface area (TPSA) is 92.8 Å². The molecule has 3 rings (SSSR count). The van der Waals surface area contributed by atoms with Gasteiger partial charge in [-0.05, 0) is 62.3 Å². The van der Waals surface area contributed by atoms with E-state index < -0.39 is 31.0 Å². The zero-order chi connectivity index (χ0) is 24.4. The minimum Gasteiger partial charge on any atom is -0.496 e. The summed E-state index contributed by atoms with van der Waals surface area (Å²) in [6.07, 6.45) is 0.954. The third kappa shape index (κ3) is 5.77. The summed E-state index contributed by atoms with van der Waals surface area (Å²) >= 11 is 0. The van der Waals surface area contributed by atoms with E-state index in [4.69, 9.17) is 4.74 Å². The van der Waals surface area contributed by atoms with E-state index in [-0.39, 0.29) is 22.4 Å². The molecule has 0 aliphatic carbocycles. The van der Waals surface area contributed by atoms with Crippen LogP contribution in [0.3, 0.4) is 0 Å². The molecule has 1 saturated heterocycles. The van der Waals surface area contributed by atoms with E-state index in [0.29, 0.717) is 17.9 Å². The van der Waals surface area contributed by atoms with E-state index in [9.17, 15) is 16.8 Å². The van der Waals surface area contributed by atoms with Crippen LogP contribution in [0.1, 0.15) is 29.7 Å². The Bertz CT molecular complexity index is 1180. The lowest BCUT2D eigenvalue weighted by molar-refractivity contribution is 0.282. The first kappa shape index (κ1) is 25.7. The highest BCUT2D eigenvalue weighted by Gasteiger charge is 2.46. The molecule has 2 aromatic rings. The Kier molecular flexibility index (Phi) is 7.88. The zero-order valence-electron chi connectivity index (χ0n) is 19.9. The van der Waals surface area contributed by atoms with Crippen molar-refractivity contribution in [2.75, 3.05) is 39.3 Å². The largest absolute Gasteiger partial charge is 0.496 e. The van der Waals surface area contributed by atoms with E-state index in [1.54, 1.807) is 19.1 Å². The van der Waals surface area contributed by atoms with Crippen molar-refractivity contribution in [1.29, 1.82) is 0 Å². The number of nitrogens with zero attached hydrogens (tertiary/aromatic N) is 1. The van der Waals surface area contributed by atoms with Crippen molar-refractivity contribution in [3.05, 3.63) is 59.2 Å². The number of nitrogens with one attached hydrogen (secondary N) is 1. The fraction of sp³-hybridized carbons (Fsp3) is 0.500. The van der Waals surface area contributed by atoms with Gasteiger partial charge in [0.25, 0.3) is 0 Å². The fourth-order valence-corrected chi connectivity index (χ4v) is 9.15. The smallest absolute Gasteiger partial charge is 0.183 e. The van der Waals surface area contributed by atoms with Crippen LogP contribution in [0.2, 0.25) is 0 Å². The normalized spacial score (nSPS) is 21.3. The van der Waals surface area contributed by atoms with Crippen molar-refractivity contribution in [3.63, 3.8) is 0 Å². The minimum absolute atomic E-state index is 0.0224. The van der Waals surface area contributed by atoms with Crippen LogP contribution < -0.4 is 10.1 Å². The molecular formula is C24H34N2O5S2. The minimum atomic E-state index is -3.86. The maximum atomic E-state index is 13.4. The quantitative estimate of drug-likeness (QED) is 0.572. The van der Waals surface area contributed by atoms with Crippen LogP contribution in [0.5, 0.6) is 5.75 Å². The number of likely N-dealkylation sites (N-methyl/N-ethyl adjacent to an activating group) is 1. The molecule has 1 heterocycles. The Labute approximate surface area is 198 Å². The lowest BCUT2D eigenvalue weighted by atomic mass is 10.0. The van der Waals surface area contributed by atoms with E-state index in [2.05, 4.69) is 36.5 Å². The molecule has 0 saturated carbocycles. The van der Waals surface area contributed by atoms with Gasteiger partial charge in [0, 0.05) is 18.6 Å². The predicted molar refractivity (Wildman–Crippen MR) is 131 cm³/mol. The zero-order valence-corrected chi connectivity index (χ0v) is 21.5. The summed E-state index contributed by atoms with van der Waals surface area (Å²) in [4.78, 5) is 2.17. The van der Waals surface area contributed by atoms with Gasteiger partial charge in [-0.25, -0.2) is 16.8 Å². The average molecular weight is 495 g/mol. The molecule has 7 nitrogen and oxygen atoms in total. The maximum Gasteiger partial charge on any atom is 0.183 e. The van der Waals surface area contributed by atoms with Crippen molar-refractivity contribution in [1.82, 2.24) is 10.2 Å². The first-order valence-electron chi connectivity index (χ1n) is 11.1. The molecule has 0 radical (unpaired) electrons. The first-order chi connectivity index (χ1) is 15.5. The fourth-order valence-electron chi connectivity index (χ4n) is 4.35. The molecule has 182 valence electrons. The van der Waals surface area contributed by atoms with Crippen molar-refractivity contribution in [2.45, 2.75) is 42.5 Å². The van der Waals surface area contributed by atoms with Crippen molar-refractivity contribution < 1.29 is 21.6 Å². The summed E-state index contributed by atoms with van der Waals surface area (Å²) in [6.45, 7) is 4.31. The van der Waals surface area contributed by atoms with Crippen LogP contribution in [0.25, 0.3) is 0 Å². The first-order valence-corrected chi connectivity index (χ1v) is 14.4. The molecule has 1 N–H and O–H groups in total. The van der Waals surface area contributed by atoms with E-state index in [0.717, 1.165) is 12.0 Å². The van der Waals surface area contributed by atoms with E-state index >= 15 is 0 Å². The van der Waals surface area contributed by atoms with Gasteiger partial charge in [-0.2, -0.15) is 0 Å². The van der Waals surface area contributed by atoms with Crippen LogP contribution in [0, 0.1) is 6.92 Å². The number of hydrogen-bond donors (Lipinski definition) is 1. The van der Waals surface area contributed by atoms with E-state index in [1.165, 1.54) is 18.7 Å². The Balaban J connectivity index is 1.85. The Morgan fingerprint density at radius 1 is 1.12 bits per heavy atom. The highest BCUT2D eigenvalue weighted by Crippen LogP contribution is 2.29. The number of hydrogen-bond acceptors (Lipinski definition) is 7. The summed E-state index contributed by atoms with van der Waals surface area (Å²) in [5, 5.41) is 2.24. The monoisotopic (exact) mass is 494 g/mol. The van der Waals surface area contributed by atoms with Crippen molar-refractivity contribution in [3.8, 4) is 5.75 Å². The number of sulfone groups is 2. The third-order valence-electron chi connectivity index (χ3n) is 6.36. The lowest BCUT2D eigenvalue weighted by Gasteiger charge is -2.28. The molecule has 1 fully saturated rings. The van der Waals surface area contributed by atoms with Gasteiger partial charge in [-0.3, -0.25) is 0 Å². The third-order valence-corrected chi connectivity index (χ3v) is 10.5. The molecule has 1 aliphatic rings. The lowest BCUT2D eigenvalue weighted by Crippen LogP contribution is -2.46. The second kappa shape index (κ2) is 10.1. The van der Waals surface area contributed by atoms with Gasteiger partial charge < -0.3 is 15.0 Å². The standard InChI is InChI=1S/C24H34N2O5S2/c1-6-18-7-9-19(10-8-18)22(26(3)4)14-25-21-15-32(27,28)16-24(21)33(29,30)20-11-12-23(31-5)17(2)13-20/h7-13,21-22,24-25H,6,14-16H2,1-5H3/t21-,22?,24-/m0/s1. The predicted octanol–water partition coefficient (Wildman–Crippen LogP) is 2.40. The summed E-state index contributed by atoms with van der Waals surface area (Å²) in [7, 11) is -1.90. The Hall–Kier alpha value is -1.94. The number of rotatable bonds is 9. The Morgan fingerprint density at radius 3 is 2.33 bits per heavy atom. The Morgan fingerprint density at radius 2 is 1.79 bits per heavy atom. The molecule has 2 aromatic carbocycles. The molecule has 9 heteroatoms. The summed E-state index contributed by atoms with van der Waals surface area (Å²) in [6, 6.07) is 12.3. The van der Waals surface area contributed by atoms with Gasteiger partial charge >= 0.3 is 0 Å². The number of methoxy groups -OCH3 is 1. The summed E-state index contributed by atoms with van der Waals surface area (Å²) in [5.74, 6) is 0.0159. The molecule has 0 bridgehead atoms. The van der Waals surface area contributed by atoms with Gasteiger partial charge in [0.15, 0.2) is 19.7 Å². The van der Waals surface area contributed by atoms with Gasteiger partial charge in [0.05, 0.1) is 28.8 Å². The van der Waals surface area contributed by atoms with Crippen LogP contribution in [-0.4, -0.2) is 72.3 Å². The molecule has 0 aromatic heterocycles. The van der Waals surface area contributed by atoms with Crippen LogP contribution in [-0.2, 0) is 26.1 Å². The highest BCUT2D eigenvalue weighted by atomic mass is 32.2. The van der Waals surface area contributed by atoms with E-state index in [1.807, 2.05) is 19.0 Å². The van der Waals surface area contributed by atoms with Crippen molar-refractivity contribution in [2.24, 2.45) is 0 Å². The molecule has 33 heavy (non-hydrogen) atoms. The second-order valence-electron chi connectivity index (χ2n) is 8.88. The van der Waals surface area contributed by atoms with Crippen molar-refractivity contribution >= 4 is 19.7 Å². The molecule has 3 atom stereocenters. The molecule has 1 unspecified atom stereocenters.